The number of carboxylic acids is 1. The molecule has 0 aliphatic heterocycles. The molecule has 132 heavy (non-hydrogen) atoms. The Morgan fingerprint density at radius 3 is 1.24 bits per heavy atom. The molecule has 1 atom stereocenters. The summed E-state index contributed by atoms with van der Waals surface area (Å²) >= 11 is 49.0. The zero-order valence-electron chi connectivity index (χ0n) is 74.1. The fraction of sp³-hybridized carbons (Fsp3) is 0.467. The Hall–Kier alpha value is -5.47. The topological polar surface area (TPSA) is 473 Å². The lowest BCUT2D eigenvalue weighted by Crippen LogP contribution is -2.41. The SMILES string of the molecule is CC(C)(c1ccccc1)c1cccc(OC(=O)c2cccc(C(=O)O)c2)c1C(C)(C)c1ccccc1.CC1=C2CC(CC1)C2(C)C.Cc1ccccc1O.O=C(OC1CCCCC1)c1ccccc1C(=O)OC1CCCCC1.O=P(O)(O)OCCC(Cl)(Cl)Cl.O=P(O)(O)OP(=O)(O)O.O=P(OCCC(Cl)Cl)(OCCC(Cl)Cl)OCCC(Cl)Cl.OCC(O)CO.Oc1cccc(O)c1. The summed E-state index contributed by atoms with van der Waals surface area (Å²) in [6.07, 6.45) is 14.5. The molecule has 0 radical (unpaired) electrons. The monoisotopic (exact) mass is 2100 g/mol. The number of aromatic hydroxyl groups is 3. The first-order valence-corrected chi connectivity index (χ1v) is 51.5. The smallest absolute Gasteiger partial charge is 0.478 e. The lowest BCUT2D eigenvalue weighted by molar-refractivity contribution is 0.0164. The first-order valence-electron chi connectivity index (χ1n) is 41.6. The molecule has 13 N–H and O–H groups in total. The highest BCUT2D eigenvalue weighted by atomic mass is 35.6. The van der Waals surface area contributed by atoms with E-state index < -0.39 is 85.0 Å². The van der Waals surface area contributed by atoms with Gasteiger partial charge in [0.1, 0.15) is 55.8 Å². The van der Waals surface area contributed by atoms with Crippen LogP contribution in [0.2, 0.25) is 0 Å². The number of hydrogen-bond acceptors (Lipinski definition) is 22. The Balaban J connectivity index is 0.000000410. The van der Waals surface area contributed by atoms with Gasteiger partial charge in [-0.25, -0.2) is 37.4 Å². The van der Waals surface area contributed by atoms with E-state index in [4.69, 9.17) is 192 Å². The normalized spacial score (nSPS) is 15.0. The molecule has 2 bridgehead atoms. The van der Waals surface area contributed by atoms with E-state index in [-0.39, 0.29) is 106 Å². The molecule has 7 aromatic carbocycles. The summed E-state index contributed by atoms with van der Waals surface area (Å²) in [5.41, 5.74) is 9.15. The molecule has 3 fully saturated rings. The van der Waals surface area contributed by atoms with Gasteiger partial charge < -0.3 is 79.3 Å². The standard InChI is InChI=1S/C32H30O4.C20H26O4.C10H16.C9H15Cl6O4P.C7H8O.C6H6O2.C3H6Cl3O4P.C3H8O3.H4O7P2/c1-31(2,24-15-7-5-8-16-24)26-19-12-20-27(28(26)32(3,4)25-17-9-6-10-18-25)36-30(35)23-14-11-13-22(21-23)29(33)34;21-19(23-15-9-3-1-4-10-15)17-13-7-8-14-18(17)20(22)24-16-11-5-2-6-12-16;1-7-4-5-8-6-9(7)10(8,2)3;10-7(11)1-4-17-20(16,18-5-2-8(12)13)19-6-3-9(14)15;1-6-4-2-3-5-7(6)8;7-5-2-1-3-6(8)4-5;4-3(5,6)1-2-10-11(7,8)9;4-1-3(6)2-5;1-8(2,3)7-9(4,5)6/h5-21H,1-4H3,(H,33,34);7-8,13-16H,1-6,9-12H2;8H,4-6H2,1-3H3;7-9H,1-6H2;2-5,8H,1H3;1-4,7-8H;1-2H2,(H2,7,8,9);3-6H,1-2H2;(H2,1,2,3)(H2,4,5,6). The number of alkyl halides is 9. The molecule has 7 aromatic rings. The number of phenols is 3. The minimum absolute atomic E-state index is 0.0191. The van der Waals surface area contributed by atoms with E-state index in [1.54, 1.807) is 59.7 Å². The van der Waals surface area contributed by atoms with Gasteiger partial charge in [0.05, 0.1) is 61.9 Å². The summed E-state index contributed by atoms with van der Waals surface area (Å²) in [4.78, 5) is 95.1. The second-order valence-corrected chi connectivity index (χ2v) is 43.7. The summed E-state index contributed by atoms with van der Waals surface area (Å²) in [7, 11) is -18.3. The van der Waals surface area contributed by atoms with Crippen molar-refractivity contribution in [3.63, 3.8) is 0 Å². The number of phosphoric ester groups is 2. The molecule has 5 aliphatic carbocycles. The van der Waals surface area contributed by atoms with E-state index in [0.717, 1.165) is 85.1 Å². The number of phenolic OH excluding ortho intramolecular Hbond substituents is 3. The maximum atomic E-state index is 13.2. The van der Waals surface area contributed by atoms with Gasteiger partial charge in [0.15, 0.2) is 3.79 Å². The molecule has 1 unspecified atom stereocenters. The number of aryl methyl sites for hydroxylation is 1. The van der Waals surface area contributed by atoms with Gasteiger partial charge in [0.25, 0.3) is 0 Å². The summed E-state index contributed by atoms with van der Waals surface area (Å²) < 4.78 is 79.4. The fourth-order valence-electron chi connectivity index (χ4n) is 13.4. The van der Waals surface area contributed by atoms with Crippen LogP contribution in [0.1, 0.15) is 227 Å². The number of phosphoric acid groups is 4. The summed E-state index contributed by atoms with van der Waals surface area (Å²) in [6, 6.07) is 52.0. The highest BCUT2D eigenvalue weighted by Gasteiger charge is 2.46. The number of aromatic carboxylic acids is 1. The van der Waals surface area contributed by atoms with Crippen LogP contribution in [0.5, 0.6) is 23.0 Å². The average molecular weight is 2110 g/mol. The van der Waals surface area contributed by atoms with Crippen molar-refractivity contribution in [3.05, 3.63) is 237 Å². The third-order valence-electron chi connectivity index (χ3n) is 20.5. The minimum Gasteiger partial charge on any atom is -0.508 e. The number of halogens is 9. The quantitative estimate of drug-likeness (QED) is 0.00654. The first-order chi connectivity index (χ1) is 61.5. The van der Waals surface area contributed by atoms with Crippen molar-refractivity contribution >= 4 is 160 Å². The maximum absolute atomic E-state index is 13.2. The van der Waals surface area contributed by atoms with E-state index in [1.165, 1.54) is 62.4 Å². The van der Waals surface area contributed by atoms with Crippen molar-refractivity contribution in [2.24, 2.45) is 11.3 Å². The maximum Gasteiger partial charge on any atom is 0.478 e. The van der Waals surface area contributed by atoms with Gasteiger partial charge in [-0.3, -0.25) is 18.1 Å². The van der Waals surface area contributed by atoms with Gasteiger partial charge in [0, 0.05) is 48.1 Å². The van der Waals surface area contributed by atoms with Gasteiger partial charge >= 0.3 is 55.2 Å². The number of carbonyl (C=O) groups excluding carboxylic acids is 3. The van der Waals surface area contributed by atoms with Crippen LogP contribution in [0, 0.1) is 18.3 Å². The average Bonchev–Trinajstić information content (AvgIpc) is 0.749. The fourth-order valence-corrected chi connectivity index (χ4v) is 16.8. The van der Waals surface area contributed by atoms with Gasteiger partial charge in [-0.1, -0.05) is 216 Å². The van der Waals surface area contributed by atoms with Crippen molar-refractivity contribution in [1.29, 1.82) is 0 Å². The largest absolute Gasteiger partial charge is 0.508 e. The van der Waals surface area contributed by atoms with Crippen molar-refractivity contribution in [2.75, 3.05) is 39.6 Å². The lowest BCUT2D eigenvalue weighted by atomic mass is 9.52. The second-order valence-electron chi connectivity index (χ2n) is 31.8. The second kappa shape index (κ2) is 59.7. The van der Waals surface area contributed by atoms with Crippen LogP contribution in [0.4, 0.5) is 0 Å². The number of para-hydroxylation sites is 1. The van der Waals surface area contributed by atoms with Crippen molar-refractivity contribution in [1.82, 2.24) is 0 Å². The first kappa shape index (κ1) is 121. The van der Waals surface area contributed by atoms with Crippen LogP contribution in [-0.4, -0.2) is 165 Å². The molecule has 5 aliphatic rings. The predicted octanol–water partition coefficient (Wildman–Crippen LogP) is 23.0. The molecular formula is C90H119Cl9O29P4. The Morgan fingerprint density at radius 2 is 0.902 bits per heavy atom. The number of esters is 3. The third kappa shape index (κ3) is 48.2. The van der Waals surface area contributed by atoms with Crippen LogP contribution in [0.3, 0.4) is 0 Å². The van der Waals surface area contributed by atoms with Crippen LogP contribution < -0.4 is 4.74 Å². The number of carboxylic acid groups (broad SMARTS) is 1. The van der Waals surface area contributed by atoms with Gasteiger partial charge in [-0.05, 0) is 173 Å². The summed E-state index contributed by atoms with van der Waals surface area (Å²) in [6.45, 7) is 16.6. The van der Waals surface area contributed by atoms with Crippen LogP contribution >= 0.6 is 136 Å². The molecule has 29 nitrogen and oxygen atoms in total. The zero-order valence-corrected chi connectivity index (χ0v) is 84.5. The van der Waals surface area contributed by atoms with Crippen LogP contribution in [0.25, 0.3) is 0 Å². The van der Waals surface area contributed by atoms with E-state index in [2.05, 4.69) is 87.6 Å². The predicted molar refractivity (Wildman–Crippen MR) is 513 cm³/mol. The van der Waals surface area contributed by atoms with Crippen molar-refractivity contribution < 1.29 is 139 Å². The Bertz CT molecular complexity index is 4710. The highest BCUT2D eigenvalue weighted by Crippen LogP contribution is 2.59. The van der Waals surface area contributed by atoms with Crippen molar-refractivity contribution in [3.8, 4) is 23.0 Å². The molecule has 3 saturated carbocycles. The number of benzene rings is 7. The summed E-state index contributed by atoms with van der Waals surface area (Å²) in [5.74, 6) is -0.485. The Morgan fingerprint density at radius 1 is 0.485 bits per heavy atom. The molecule has 0 amide bonds. The molecule has 42 heteroatoms. The molecule has 0 saturated heterocycles. The molecule has 0 heterocycles. The number of aliphatic hydroxyl groups excluding tert-OH is 3. The molecule has 0 aromatic heterocycles. The van der Waals surface area contributed by atoms with Gasteiger partial charge in [-0.15, -0.1) is 69.6 Å². The summed E-state index contributed by atoms with van der Waals surface area (Å²) in [5, 5.41) is 59.6. The van der Waals surface area contributed by atoms with E-state index >= 15 is 0 Å². The highest BCUT2D eigenvalue weighted by molar-refractivity contribution is 7.60. The number of ether oxygens (including phenoxy) is 3. The number of rotatable bonds is 30. The minimum atomic E-state index is -5.05. The van der Waals surface area contributed by atoms with Crippen LogP contribution in [-0.2, 0) is 61.0 Å². The molecule has 0 spiro atoms. The van der Waals surface area contributed by atoms with E-state index in [9.17, 15) is 42.5 Å². The molecule has 12 rings (SSSR count). The molecular weight excluding hydrogens is 1990 g/mol. The van der Waals surface area contributed by atoms with E-state index in [0.29, 0.717) is 28.0 Å². The molecule has 736 valence electrons. The Kier molecular flexibility index (Phi) is 54.6. The van der Waals surface area contributed by atoms with E-state index in [1.807, 2.05) is 73.7 Å². The number of fused-ring (bicyclic) bond motifs is 2. The lowest BCUT2D eigenvalue weighted by Gasteiger charge is -2.52. The Labute approximate surface area is 815 Å². The number of hydrogen-bond donors (Lipinski definition) is 13. The van der Waals surface area contributed by atoms with Gasteiger partial charge in [0.2, 0.25) is 0 Å². The van der Waals surface area contributed by atoms with Crippen molar-refractivity contribution in [2.45, 2.75) is 212 Å². The number of carbonyl (C=O) groups is 4. The zero-order chi connectivity index (χ0) is 99.4. The number of aliphatic hydroxyl groups is 3. The van der Waals surface area contributed by atoms with Gasteiger partial charge in [-0.2, -0.15) is 4.31 Å². The van der Waals surface area contributed by atoms with Crippen LogP contribution in [0.15, 0.2) is 187 Å². The number of allylic oxidation sites excluding steroid dienone is 2. The third-order valence-corrected chi connectivity index (χ3v) is 26.1.